The Balaban J connectivity index is 2.08. The molecule has 3 aromatic carbocycles. The number of likely N-dealkylation sites (N-methyl/N-ethyl adjacent to an activating group) is 1. The lowest BCUT2D eigenvalue weighted by molar-refractivity contribution is -0.140. The summed E-state index contributed by atoms with van der Waals surface area (Å²) >= 11 is 16.1. The molecule has 0 radical (unpaired) electrons. The molecule has 3 aromatic rings. The second-order valence-corrected chi connectivity index (χ2v) is 11.7. The summed E-state index contributed by atoms with van der Waals surface area (Å²) in [4.78, 5) is 28.0. The smallest absolute Gasteiger partial charge is 0.264 e. The van der Waals surface area contributed by atoms with Crippen molar-refractivity contribution in [1.29, 1.82) is 0 Å². The number of amides is 2. The largest absolute Gasteiger partial charge is 0.357 e. The van der Waals surface area contributed by atoms with Gasteiger partial charge in [0, 0.05) is 33.7 Å². The summed E-state index contributed by atoms with van der Waals surface area (Å²) < 4.78 is 29.2. The molecule has 1 unspecified atom stereocenters. The minimum atomic E-state index is -4.13. The molecule has 37 heavy (non-hydrogen) atoms. The fourth-order valence-corrected chi connectivity index (χ4v) is 6.01. The van der Waals surface area contributed by atoms with Gasteiger partial charge in [-0.25, -0.2) is 8.42 Å². The molecule has 1 N–H and O–H groups in total. The summed E-state index contributed by atoms with van der Waals surface area (Å²) in [5.74, 6) is -0.978. The molecule has 0 aliphatic rings. The molecule has 3 rings (SSSR count). The minimum absolute atomic E-state index is 0.0322. The number of hydrogen-bond donors (Lipinski definition) is 1. The monoisotopic (exact) mass is 625 g/mol. The number of benzene rings is 3. The van der Waals surface area contributed by atoms with Crippen LogP contribution in [0.1, 0.15) is 18.9 Å². The van der Waals surface area contributed by atoms with Crippen molar-refractivity contribution in [3.8, 4) is 0 Å². The number of rotatable bonds is 10. The van der Waals surface area contributed by atoms with E-state index < -0.39 is 28.5 Å². The molecule has 2 amide bonds. The number of hydrogen-bond acceptors (Lipinski definition) is 4. The van der Waals surface area contributed by atoms with Crippen LogP contribution in [0.5, 0.6) is 0 Å². The van der Waals surface area contributed by atoms with Crippen LogP contribution in [0.15, 0.2) is 82.2 Å². The van der Waals surface area contributed by atoms with Gasteiger partial charge in [-0.15, -0.1) is 0 Å². The molecule has 0 saturated carbocycles. The van der Waals surface area contributed by atoms with Gasteiger partial charge in [-0.1, -0.05) is 70.3 Å². The van der Waals surface area contributed by atoms with Crippen LogP contribution in [-0.2, 0) is 26.2 Å². The van der Waals surface area contributed by atoms with Gasteiger partial charge in [-0.05, 0) is 55.0 Å². The number of carbonyl (C=O) groups is 2. The van der Waals surface area contributed by atoms with Gasteiger partial charge in [0.05, 0.1) is 10.6 Å². The highest BCUT2D eigenvalue weighted by atomic mass is 79.9. The SMILES string of the molecule is CCC(C(=O)NC)N(Cc1c(Cl)cccc1Cl)C(=O)CN(c1ccc(Br)cc1)S(=O)(=O)c1ccccc1. The van der Waals surface area contributed by atoms with Crippen LogP contribution >= 0.6 is 39.1 Å². The summed E-state index contributed by atoms with van der Waals surface area (Å²) in [6.45, 7) is 1.14. The van der Waals surface area contributed by atoms with Crippen molar-refractivity contribution in [3.63, 3.8) is 0 Å². The molecule has 196 valence electrons. The van der Waals surface area contributed by atoms with Gasteiger partial charge in [-0.2, -0.15) is 0 Å². The Bertz CT molecular complexity index is 1340. The van der Waals surface area contributed by atoms with Gasteiger partial charge in [0.1, 0.15) is 12.6 Å². The summed E-state index contributed by atoms with van der Waals surface area (Å²) in [6.07, 6.45) is 0.289. The van der Waals surface area contributed by atoms with Crippen molar-refractivity contribution < 1.29 is 18.0 Å². The molecule has 0 saturated heterocycles. The lowest BCUT2D eigenvalue weighted by Gasteiger charge is -2.33. The molecule has 7 nitrogen and oxygen atoms in total. The number of carbonyl (C=O) groups excluding carboxylic acids is 2. The van der Waals surface area contributed by atoms with E-state index in [9.17, 15) is 18.0 Å². The number of nitrogens with zero attached hydrogens (tertiary/aromatic N) is 2. The first kappa shape index (κ1) is 29.0. The Morgan fingerprint density at radius 2 is 1.54 bits per heavy atom. The average Bonchev–Trinajstić information content (AvgIpc) is 2.89. The van der Waals surface area contributed by atoms with Crippen molar-refractivity contribution >= 4 is 66.7 Å². The Labute approximate surface area is 235 Å². The van der Waals surface area contributed by atoms with Gasteiger partial charge in [-0.3, -0.25) is 13.9 Å². The maximum Gasteiger partial charge on any atom is 0.264 e. The van der Waals surface area contributed by atoms with E-state index in [1.807, 2.05) is 0 Å². The molecular formula is C26H26BrCl2N3O4S. The van der Waals surface area contributed by atoms with Crippen molar-refractivity contribution in [2.45, 2.75) is 30.8 Å². The van der Waals surface area contributed by atoms with Crippen LogP contribution in [0.4, 0.5) is 5.69 Å². The summed E-state index contributed by atoms with van der Waals surface area (Å²) in [5.41, 5.74) is 0.756. The van der Waals surface area contributed by atoms with Crippen molar-refractivity contribution in [1.82, 2.24) is 10.2 Å². The Hall–Kier alpha value is -2.59. The van der Waals surface area contributed by atoms with Crippen LogP contribution < -0.4 is 9.62 Å². The second-order valence-electron chi connectivity index (χ2n) is 8.06. The standard InChI is InChI=1S/C26H26BrCl2N3O4S/c1-3-24(26(34)30-2)31(16-21-22(28)10-7-11-23(21)29)25(33)17-32(19-14-12-18(27)13-15-19)37(35,36)20-8-5-4-6-9-20/h4-15,24H,3,16-17H2,1-2H3,(H,30,34). The van der Waals surface area contributed by atoms with Crippen LogP contribution in [0.3, 0.4) is 0 Å². The molecule has 11 heteroatoms. The zero-order valence-electron chi connectivity index (χ0n) is 20.2. The first-order valence-electron chi connectivity index (χ1n) is 11.4. The van der Waals surface area contributed by atoms with Crippen LogP contribution in [0.2, 0.25) is 10.0 Å². The molecule has 0 bridgehead atoms. The van der Waals surface area contributed by atoms with Gasteiger partial charge in [0.25, 0.3) is 10.0 Å². The third kappa shape index (κ3) is 6.84. The fraction of sp³-hybridized carbons (Fsp3) is 0.231. The van der Waals surface area contributed by atoms with E-state index in [-0.39, 0.29) is 23.8 Å². The van der Waals surface area contributed by atoms with E-state index in [1.165, 1.54) is 24.1 Å². The van der Waals surface area contributed by atoms with Crippen molar-refractivity contribution in [2.24, 2.45) is 0 Å². The van der Waals surface area contributed by atoms with Gasteiger partial charge in [0.15, 0.2) is 0 Å². The molecular weight excluding hydrogens is 601 g/mol. The molecule has 1 atom stereocenters. The van der Waals surface area contributed by atoms with E-state index in [4.69, 9.17) is 23.2 Å². The minimum Gasteiger partial charge on any atom is -0.357 e. The zero-order valence-corrected chi connectivity index (χ0v) is 24.1. The Kier molecular flexibility index (Phi) is 10.0. The summed E-state index contributed by atoms with van der Waals surface area (Å²) in [6, 6.07) is 18.5. The fourth-order valence-electron chi connectivity index (χ4n) is 3.80. The third-order valence-corrected chi connectivity index (χ3v) is 8.77. The predicted molar refractivity (Wildman–Crippen MR) is 150 cm³/mol. The van der Waals surface area contributed by atoms with Crippen LogP contribution in [0.25, 0.3) is 0 Å². The summed E-state index contributed by atoms with van der Waals surface area (Å²) in [5, 5.41) is 3.24. The van der Waals surface area contributed by atoms with Crippen LogP contribution in [0, 0.1) is 0 Å². The number of sulfonamides is 1. The lowest BCUT2D eigenvalue weighted by atomic mass is 10.1. The van der Waals surface area contributed by atoms with Crippen molar-refractivity contribution in [3.05, 3.63) is 92.9 Å². The molecule has 0 aliphatic carbocycles. The number of halogens is 3. The Morgan fingerprint density at radius 1 is 0.946 bits per heavy atom. The van der Waals surface area contributed by atoms with E-state index in [0.717, 1.165) is 8.78 Å². The summed E-state index contributed by atoms with van der Waals surface area (Å²) in [7, 11) is -2.65. The van der Waals surface area contributed by atoms with E-state index >= 15 is 0 Å². The molecule has 0 spiro atoms. The maximum atomic E-state index is 13.9. The number of anilines is 1. The first-order chi connectivity index (χ1) is 17.6. The van der Waals surface area contributed by atoms with Crippen molar-refractivity contribution in [2.75, 3.05) is 17.9 Å². The Morgan fingerprint density at radius 3 is 2.08 bits per heavy atom. The highest BCUT2D eigenvalue weighted by Crippen LogP contribution is 2.29. The highest BCUT2D eigenvalue weighted by molar-refractivity contribution is 9.10. The highest BCUT2D eigenvalue weighted by Gasteiger charge is 2.34. The van der Waals surface area contributed by atoms with Gasteiger partial charge < -0.3 is 10.2 Å². The topological polar surface area (TPSA) is 86.8 Å². The zero-order chi connectivity index (χ0) is 27.2. The van der Waals surface area contributed by atoms with E-state index in [2.05, 4.69) is 21.2 Å². The first-order valence-corrected chi connectivity index (χ1v) is 14.4. The van der Waals surface area contributed by atoms with E-state index in [1.54, 1.807) is 67.6 Å². The normalized spacial score (nSPS) is 12.0. The third-order valence-electron chi connectivity index (χ3n) is 5.75. The second kappa shape index (κ2) is 12.8. The maximum absolute atomic E-state index is 13.9. The average molecular weight is 627 g/mol. The lowest BCUT2D eigenvalue weighted by Crippen LogP contribution is -2.51. The van der Waals surface area contributed by atoms with Crippen LogP contribution in [-0.4, -0.2) is 44.8 Å². The predicted octanol–water partition coefficient (Wildman–Crippen LogP) is 5.50. The number of nitrogens with one attached hydrogen (secondary N) is 1. The molecule has 0 heterocycles. The molecule has 0 aromatic heterocycles. The van der Waals surface area contributed by atoms with E-state index in [0.29, 0.717) is 21.3 Å². The van der Waals surface area contributed by atoms with Gasteiger partial charge in [0.2, 0.25) is 11.8 Å². The quantitative estimate of drug-likeness (QED) is 0.322. The molecule has 0 aliphatic heterocycles. The van der Waals surface area contributed by atoms with Gasteiger partial charge >= 0.3 is 0 Å². The molecule has 0 fully saturated rings.